The first kappa shape index (κ1) is 17.1. The molecule has 1 aromatic carbocycles. The number of carbonyl (C=O) groups excluding carboxylic acids is 2. The molecule has 1 heterocycles. The Bertz CT molecular complexity index is 574. The predicted molar refractivity (Wildman–Crippen MR) is 86.4 cm³/mol. The van der Waals surface area contributed by atoms with Crippen molar-refractivity contribution < 1.29 is 19.1 Å². The van der Waals surface area contributed by atoms with Gasteiger partial charge in [0, 0.05) is 25.6 Å². The molecule has 0 bridgehead atoms. The molecule has 1 saturated heterocycles. The van der Waals surface area contributed by atoms with E-state index in [1.807, 2.05) is 18.2 Å². The van der Waals surface area contributed by atoms with E-state index in [4.69, 9.17) is 9.47 Å². The molecule has 0 saturated carbocycles. The van der Waals surface area contributed by atoms with Gasteiger partial charge in [-0.3, -0.25) is 9.59 Å². The van der Waals surface area contributed by atoms with Crippen molar-refractivity contribution in [1.82, 2.24) is 10.2 Å². The van der Waals surface area contributed by atoms with Gasteiger partial charge in [-0.15, -0.1) is 0 Å². The summed E-state index contributed by atoms with van der Waals surface area (Å²) in [6, 6.07) is 5.14. The fourth-order valence-electron chi connectivity index (χ4n) is 2.86. The first-order valence-electron chi connectivity index (χ1n) is 7.81. The lowest BCUT2D eigenvalue weighted by molar-refractivity contribution is -0.138. The number of likely N-dealkylation sites (N-methyl/N-ethyl adjacent to an activating group) is 1. The first-order valence-corrected chi connectivity index (χ1v) is 7.81. The minimum atomic E-state index is -0.401. The van der Waals surface area contributed by atoms with Gasteiger partial charge in [0.15, 0.2) is 11.5 Å². The lowest BCUT2D eigenvalue weighted by atomic mass is 10.1. The Morgan fingerprint density at radius 3 is 2.78 bits per heavy atom. The third kappa shape index (κ3) is 3.94. The minimum Gasteiger partial charge on any atom is -0.493 e. The van der Waals surface area contributed by atoms with Gasteiger partial charge in [-0.2, -0.15) is 0 Å². The van der Waals surface area contributed by atoms with E-state index >= 15 is 0 Å². The average molecular weight is 320 g/mol. The van der Waals surface area contributed by atoms with Crippen molar-refractivity contribution in [1.29, 1.82) is 0 Å². The molecule has 1 aliphatic rings. The van der Waals surface area contributed by atoms with Crippen LogP contribution in [0.5, 0.6) is 11.5 Å². The summed E-state index contributed by atoms with van der Waals surface area (Å²) < 4.78 is 10.6. The Balaban J connectivity index is 2.05. The number of nitrogens with one attached hydrogen (secondary N) is 1. The van der Waals surface area contributed by atoms with Gasteiger partial charge in [0.1, 0.15) is 6.04 Å². The third-order valence-electron chi connectivity index (χ3n) is 4.22. The molecule has 1 unspecified atom stereocenters. The monoisotopic (exact) mass is 320 g/mol. The van der Waals surface area contributed by atoms with Crippen LogP contribution in [0.4, 0.5) is 0 Å². The number of hydrogen-bond acceptors (Lipinski definition) is 4. The summed E-state index contributed by atoms with van der Waals surface area (Å²) in [6.45, 7) is 0.331. The van der Waals surface area contributed by atoms with Gasteiger partial charge in [0.2, 0.25) is 11.8 Å². The van der Waals surface area contributed by atoms with Crippen LogP contribution in [0.2, 0.25) is 0 Å². The summed E-state index contributed by atoms with van der Waals surface area (Å²) in [6.07, 6.45) is 2.95. The summed E-state index contributed by atoms with van der Waals surface area (Å²) >= 11 is 0. The molecule has 6 heteroatoms. The number of benzene rings is 1. The van der Waals surface area contributed by atoms with E-state index in [-0.39, 0.29) is 11.8 Å². The van der Waals surface area contributed by atoms with Crippen LogP contribution in [0, 0.1) is 0 Å². The van der Waals surface area contributed by atoms with Crippen LogP contribution in [0.25, 0.3) is 0 Å². The maximum atomic E-state index is 12.5. The van der Waals surface area contributed by atoms with Crippen molar-refractivity contribution in [2.75, 3.05) is 21.3 Å². The van der Waals surface area contributed by atoms with Crippen LogP contribution in [0.15, 0.2) is 18.2 Å². The van der Waals surface area contributed by atoms with Crippen LogP contribution in [-0.2, 0) is 16.1 Å². The highest BCUT2D eigenvalue weighted by Gasteiger charge is 2.28. The van der Waals surface area contributed by atoms with Crippen molar-refractivity contribution in [3.8, 4) is 11.5 Å². The molecule has 2 rings (SSSR count). The van der Waals surface area contributed by atoms with E-state index in [1.54, 1.807) is 26.2 Å². The highest BCUT2D eigenvalue weighted by atomic mass is 16.5. The highest BCUT2D eigenvalue weighted by molar-refractivity contribution is 5.87. The number of ether oxygens (including phenoxy) is 2. The number of hydrogen-bond donors (Lipinski definition) is 1. The molecule has 0 aromatic heterocycles. The Labute approximate surface area is 136 Å². The summed E-state index contributed by atoms with van der Waals surface area (Å²) in [7, 11) is 4.84. The lowest BCUT2D eigenvalue weighted by Crippen LogP contribution is -2.46. The van der Waals surface area contributed by atoms with Crippen LogP contribution in [0.1, 0.15) is 31.2 Å². The van der Waals surface area contributed by atoms with Gasteiger partial charge >= 0.3 is 0 Å². The van der Waals surface area contributed by atoms with Crippen LogP contribution in [0.3, 0.4) is 0 Å². The van der Waals surface area contributed by atoms with Crippen molar-refractivity contribution in [2.24, 2.45) is 0 Å². The molecule has 2 amide bonds. The second-order valence-corrected chi connectivity index (χ2v) is 5.64. The molecule has 126 valence electrons. The second-order valence-electron chi connectivity index (χ2n) is 5.64. The number of likely N-dealkylation sites (tertiary alicyclic amines) is 1. The van der Waals surface area contributed by atoms with Gasteiger partial charge in [0.05, 0.1) is 14.2 Å². The van der Waals surface area contributed by atoms with Gasteiger partial charge in [0.25, 0.3) is 0 Å². The van der Waals surface area contributed by atoms with Crippen LogP contribution < -0.4 is 14.8 Å². The Morgan fingerprint density at radius 2 is 2.09 bits per heavy atom. The fraction of sp³-hybridized carbons (Fsp3) is 0.529. The number of para-hydroxylation sites is 1. The molecular formula is C17H24N2O4. The Morgan fingerprint density at radius 1 is 1.30 bits per heavy atom. The molecule has 23 heavy (non-hydrogen) atoms. The van der Waals surface area contributed by atoms with Gasteiger partial charge in [-0.1, -0.05) is 18.6 Å². The molecule has 1 atom stereocenters. The third-order valence-corrected chi connectivity index (χ3v) is 4.22. The van der Waals surface area contributed by atoms with Crippen molar-refractivity contribution in [3.63, 3.8) is 0 Å². The number of carbonyl (C=O) groups is 2. The largest absolute Gasteiger partial charge is 0.493 e. The van der Waals surface area contributed by atoms with Crippen LogP contribution in [-0.4, -0.2) is 44.0 Å². The number of amides is 2. The minimum absolute atomic E-state index is 0.0293. The van der Waals surface area contributed by atoms with E-state index < -0.39 is 6.04 Å². The summed E-state index contributed by atoms with van der Waals surface area (Å²) in [4.78, 5) is 25.9. The van der Waals surface area contributed by atoms with Crippen molar-refractivity contribution >= 4 is 11.8 Å². The van der Waals surface area contributed by atoms with E-state index in [2.05, 4.69) is 5.32 Å². The Kier molecular flexibility index (Phi) is 5.84. The molecule has 6 nitrogen and oxygen atoms in total. The average Bonchev–Trinajstić information content (AvgIpc) is 2.74. The second kappa shape index (κ2) is 7.85. The SMILES string of the molecule is COc1cccc(CNC(=O)C2CCCCC(=O)N2C)c1OC. The van der Waals surface area contributed by atoms with Gasteiger partial charge < -0.3 is 19.7 Å². The quantitative estimate of drug-likeness (QED) is 0.897. The molecule has 1 fully saturated rings. The van der Waals surface area contributed by atoms with E-state index in [0.717, 1.165) is 18.4 Å². The lowest BCUT2D eigenvalue weighted by Gasteiger charge is -2.25. The number of methoxy groups -OCH3 is 2. The molecular weight excluding hydrogens is 296 g/mol. The fourth-order valence-corrected chi connectivity index (χ4v) is 2.86. The maximum absolute atomic E-state index is 12.5. The zero-order valence-corrected chi connectivity index (χ0v) is 13.9. The molecule has 1 aliphatic heterocycles. The first-order chi connectivity index (χ1) is 11.1. The zero-order valence-electron chi connectivity index (χ0n) is 13.9. The maximum Gasteiger partial charge on any atom is 0.243 e. The van der Waals surface area contributed by atoms with E-state index in [1.165, 1.54) is 0 Å². The van der Waals surface area contributed by atoms with Crippen molar-refractivity contribution in [3.05, 3.63) is 23.8 Å². The molecule has 1 N–H and O–H groups in total. The summed E-state index contributed by atoms with van der Waals surface area (Å²) in [5.41, 5.74) is 0.836. The predicted octanol–water partition coefficient (Wildman–Crippen LogP) is 1.72. The van der Waals surface area contributed by atoms with Gasteiger partial charge in [-0.25, -0.2) is 0 Å². The van der Waals surface area contributed by atoms with E-state index in [9.17, 15) is 9.59 Å². The molecule has 0 radical (unpaired) electrons. The van der Waals surface area contributed by atoms with E-state index in [0.29, 0.717) is 30.9 Å². The molecule has 0 aliphatic carbocycles. The smallest absolute Gasteiger partial charge is 0.243 e. The topological polar surface area (TPSA) is 67.9 Å². The molecule has 1 aromatic rings. The number of nitrogens with zero attached hydrogens (tertiary/aromatic N) is 1. The summed E-state index contributed by atoms with van der Waals surface area (Å²) in [5.74, 6) is 1.14. The summed E-state index contributed by atoms with van der Waals surface area (Å²) in [5, 5.41) is 2.91. The highest BCUT2D eigenvalue weighted by Crippen LogP contribution is 2.30. The van der Waals surface area contributed by atoms with Crippen molar-refractivity contribution in [2.45, 2.75) is 38.3 Å². The standard InChI is InChI=1S/C17H24N2O4/c1-19-13(8-4-5-10-15(19)20)17(21)18-11-12-7-6-9-14(22-2)16(12)23-3/h6-7,9,13H,4-5,8,10-11H2,1-3H3,(H,18,21). The zero-order chi connectivity index (χ0) is 16.8. The van der Waals surface area contributed by atoms with Crippen LogP contribution >= 0.6 is 0 Å². The Hall–Kier alpha value is -2.24. The van der Waals surface area contributed by atoms with Gasteiger partial charge in [-0.05, 0) is 18.9 Å². The number of rotatable bonds is 5. The molecule has 0 spiro atoms. The normalized spacial score (nSPS) is 18.3.